The van der Waals surface area contributed by atoms with Crippen molar-refractivity contribution < 1.29 is 23.2 Å². The van der Waals surface area contributed by atoms with Crippen molar-refractivity contribution >= 4 is 7.12 Å². The van der Waals surface area contributed by atoms with Gasteiger partial charge in [0.05, 0.1) is 30.5 Å². The molecule has 1 atom stereocenters. The molecular formula is C19H27BO6. The second kappa shape index (κ2) is 6.55. The third-order valence-corrected chi connectivity index (χ3v) is 5.60. The topological polar surface area (TPSA) is 67.1 Å². The second-order valence-electron chi connectivity index (χ2n) is 7.99. The van der Waals surface area contributed by atoms with Crippen LogP contribution in [0.3, 0.4) is 0 Å². The van der Waals surface area contributed by atoms with E-state index in [1.165, 1.54) is 7.11 Å². The van der Waals surface area contributed by atoms with Crippen molar-refractivity contribution in [3.8, 4) is 5.95 Å². The van der Waals surface area contributed by atoms with Gasteiger partial charge in [0, 0.05) is 12.0 Å². The van der Waals surface area contributed by atoms with Gasteiger partial charge in [0.1, 0.15) is 11.9 Å². The molecule has 0 unspecified atom stereocenters. The van der Waals surface area contributed by atoms with E-state index >= 15 is 0 Å². The zero-order chi connectivity index (χ0) is 19.3. The molecule has 2 aliphatic heterocycles. The van der Waals surface area contributed by atoms with Crippen LogP contribution in [0.15, 0.2) is 20.8 Å². The first kappa shape index (κ1) is 19.2. The first-order chi connectivity index (χ1) is 12.1. The smallest absolute Gasteiger partial charge is 0.468 e. The normalized spacial score (nSPS) is 25.9. The summed E-state index contributed by atoms with van der Waals surface area (Å²) in [6.45, 7) is 12.0. The molecule has 3 heterocycles. The maximum atomic E-state index is 12.4. The minimum absolute atomic E-state index is 0.0740. The number of hydrogen-bond acceptors (Lipinski definition) is 6. The Balaban J connectivity index is 1.80. The summed E-state index contributed by atoms with van der Waals surface area (Å²) in [5.74, 6) is 2.73. The summed E-state index contributed by atoms with van der Waals surface area (Å²) in [4.78, 5) is 12.4. The SMILES string of the molecule is COc1oc([C@H]2C/C(=C/B3OC(C)(C)C(C)(C)O3)CO2)c(C)c(=O)c1C. The lowest BCUT2D eigenvalue weighted by molar-refractivity contribution is 0.00578. The van der Waals surface area contributed by atoms with Crippen LogP contribution in [0.5, 0.6) is 5.95 Å². The summed E-state index contributed by atoms with van der Waals surface area (Å²) in [5, 5.41) is 0. The zero-order valence-electron chi connectivity index (χ0n) is 16.6. The number of ether oxygens (including phenoxy) is 2. The largest absolute Gasteiger partial charge is 0.487 e. The lowest BCUT2D eigenvalue weighted by atomic mass is 9.86. The summed E-state index contributed by atoms with van der Waals surface area (Å²) in [5.41, 5.74) is 1.28. The summed E-state index contributed by atoms with van der Waals surface area (Å²) in [6.07, 6.45) is 0.311. The predicted octanol–water partition coefficient (Wildman–Crippen LogP) is 3.28. The van der Waals surface area contributed by atoms with Crippen LogP contribution in [0.1, 0.15) is 57.1 Å². The summed E-state index contributed by atoms with van der Waals surface area (Å²) >= 11 is 0. The minimum Gasteiger partial charge on any atom is -0.468 e. The fraction of sp³-hybridized carbons (Fsp3) is 0.632. The van der Waals surface area contributed by atoms with Crippen LogP contribution in [0.25, 0.3) is 0 Å². The Bertz CT molecular complexity index is 776. The van der Waals surface area contributed by atoms with Crippen LogP contribution in [-0.2, 0) is 14.0 Å². The van der Waals surface area contributed by atoms with Crippen molar-refractivity contribution in [2.75, 3.05) is 13.7 Å². The van der Waals surface area contributed by atoms with Gasteiger partial charge in [-0.15, -0.1) is 0 Å². The first-order valence-corrected chi connectivity index (χ1v) is 8.90. The molecule has 1 aromatic rings. The molecule has 0 aromatic carbocycles. The molecule has 1 aromatic heterocycles. The number of hydrogen-bond donors (Lipinski definition) is 0. The molecule has 0 bridgehead atoms. The summed E-state index contributed by atoms with van der Waals surface area (Å²) in [7, 11) is 1.08. The van der Waals surface area contributed by atoms with Crippen molar-refractivity contribution in [2.45, 2.75) is 65.3 Å². The minimum atomic E-state index is -0.405. The van der Waals surface area contributed by atoms with Gasteiger partial charge in [-0.05, 0) is 47.1 Å². The molecule has 2 aliphatic rings. The Hall–Kier alpha value is -1.57. The Kier molecular flexibility index (Phi) is 4.84. The standard InChI is InChI=1S/C19H27BO6/c1-11-15(21)12(2)17(22-7)24-16(11)14-8-13(10-23-14)9-20-25-18(3,4)19(5,6)26-20/h9,14H,8,10H2,1-7H3/b13-9-/t14-/m1/s1. The summed E-state index contributed by atoms with van der Waals surface area (Å²) < 4.78 is 28.9. The molecule has 0 amide bonds. The Morgan fingerprint density at radius 3 is 2.31 bits per heavy atom. The van der Waals surface area contributed by atoms with Crippen LogP contribution in [0.2, 0.25) is 0 Å². The third-order valence-electron chi connectivity index (χ3n) is 5.60. The van der Waals surface area contributed by atoms with E-state index in [4.69, 9.17) is 23.2 Å². The van der Waals surface area contributed by atoms with Gasteiger partial charge in [0.25, 0.3) is 5.95 Å². The van der Waals surface area contributed by atoms with E-state index in [-0.39, 0.29) is 28.7 Å². The Labute approximate surface area is 154 Å². The molecule has 0 aliphatic carbocycles. The highest BCUT2D eigenvalue weighted by atomic mass is 16.7. The highest BCUT2D eigenvalue weighted by Gasteiger charge is 2.50. The maximum absolute atomic E-state index is 12.4. The van der Waals surface area contributed by atoms with Gasteiger partial charge < -0.3 is 23.2 Å². The van der Waals surface area contributed by atoms with Crippen LogP contribution in [0.4, 0.5) is 0 Å². The molecule has 0 radical (unpaired) electrons. The van der Waals surface area contributed by atoms with Crippen LogP contribution in [-0.4, -0.2) is 32.0 Å². The monoisotopic (exact) mass is 362 g/mol. The van der Waals surface area contributed by atoms with Crippen LogP contribution < -0.4 is 10.2 Å². The van der Waals surface area contributed by atoms with Gasteiger partial charge in [-0.25, -0.2) is 0 Å². The lowest BCUT2D eigenvalue weighted by Gasteiger charge is -2.32. The third kappa shape index (κ3) is 3.24. The number of methoxy groups -OCH3 is 1. The fourth-order valence-electron chi connectivity index (χ4n) is 3.24. The van der Waals surface area contributed by atoms with Gasteiger partial charge in [-0.3, -0.25) is 4.79 Å². The summed E-state index contributed by atoms with van der Waals surface area (Å²) in [6, 6.07) is 0. The Morgan fingerprint density at radius 1 is 1.12 bits per heavy atom. The van der Waals surface area contributed by atoms with E-state index in [2.05, 4.69) is 0 Å². The Morgan fingerprint density at radius 2 is 1.73 bits per heavy atom. The van der Waals surface area contributed by atoms with Crippen LogP contribution >= 0.6 is 0 Å². The van der Waals surface area contributed by atoms with Gasteiger partial charge >= 0.3 is 7.12 Å². The van der Waals surface area contributed by atoms with E-state index in [9.17, 15) is 4.79 Å². The molecule has 2 saturated heterocycles. The highest BCUT2D eigenvalue weighted by Crippen LogP contribution is 2.39. The zero-order valence-corrected chi connectivity index (χ0v) is 16.6. The molecule has 0 saturated carbocycles. The van der Waals surface area contributed by atoms with Crippen molar-refractivity contribution in [3.63, 3.8) is 0 Å². The van der Waals surface area contributed by atoms with Gasteiger partial charge in [0.15, 0.2) is 5.43 Å². The molecule has 142 valence electrons. The predicted molar refractivity (Wildman–Crippen MR) is 98.5 cm³/mol. The molecule has 7 heteroatoms. The maximum Gasteiger partial charge on any atom is 0.487 e. The van der Waals surface area contributed by atoms with E-state index in [1.54, 1.807) is 13.8 Å². The van der Waals surface area contributed by atoms with E-state index in [1.807, 2.05) is 33.7 Å². The molecule has 26 heavy (non-hydrogen) atoms. The highest BCUT2D eigenvalue weighted by molar-refractivity contribution is 6.51. The van der Waals surface area contributed by atoms with Crippen molar-refractivity contribution in [1.29, 1.82) is 0 Å². The van der Waals surface area contributed by atoms with Gasteiger partial charge in [-0.1, -0.05) is 5.98 Å². The van der Waals surface area contributed by atoms with E-state index in [0.29, 0.717) is 29.9 Å². The van der Waals surface area contributed by atoms with Crippen LogP contribution in [0, 0.1) is 13.8 Å². The first-order valence-electron chi connectivity index (χ1n) is 8.90. The molecule has 0 N–H and O–H groups in total. The average molecular weight is 362 g/mol. The molecule has 3 rings (SSSR count). The van der Waals surface area contributed by atoms with Gasteiger partial charge in [-0.2, -0.15) is 0 Å². The van der Waals surface area contributed by atoms with E-state index in [0.717, 1.165) is 5.57 Å². The second-order valence-corrected chi connectivity index (χ2v) is 7.99. The molecular weight excluding hydrogens is 335 g/mol. The van der Waals surface area contributed by atoms with E-state index < -0.39 is 7.12 Å². The quantitative estimate of drug-likeness (QED) is 0.769. The van der Waals surface area contributed by atoms with Gasteiger partial charge in [0.2, 0.25) is 0 Å². The molecule has 2 fully saturated rings. The van der Waals surface area contributed by atoms with Crippen molar-refractivity contribution in [3.05, 3.63) is 38.7 Å². The van der Waals surface area contributed by atoms with Crippen molar-refractivity contribution in [1.82, 2.24) is 0 Å². The molecule has 6 nitrogen and oxygen atoms in total. The molecule has 0 spiro atoms. The fourth-order valence-corrected chi connectivity index (χ4v) is 3.24. The lowest BCUT2D eigenvalue weighted by Crippen LogP contribution is -2.41. The van der Waals surface area contributed by atoms with Crippen molar-refractivity contribution in [2.24, 2.45) is 0 Å². The number of rotatable bonds is 3. The average Bonchev–Trinajstić information content (AvgIpc) is 3.07.